The van der Waals surface area contributed by atoms with Crippen molar-refractivity contribution in [1.82, 2.24) is 4.40 Å². The van der Waals surface area contributed by atoms with Crippen molar-refractivity contribution in [3.8, 4) is 0 Å². The highest BCUT2D eigenvalue weighted by Gasteiger charge is 2.18. The average molecular weight is 341 g/mol. The Kier molecular flexibility index (Phi) is 2.30. The summed E-state index contributed by atoms with van der Waals surface area (Å²) in [7, 11) is 0. The van der Waals surface area contributed by atoms with Crippen molar-refractivity contribution >= 4 is 59.6 Å². The summed E-state index contributed by atoms with van der Waals surface area (Å²) >= 11 is 0. The predicted molar refractivity (Wildman–Crippen MR) is 116 cm³/mol. The minimum Gasteiger partial charge on any atom is -0.308 e. The van der Waals surface area contributed by atoms with Gasteiger partial charge in [0.05, 0.1) is 16.6 Å². The zero-order chi connectivity index (χ0) is 17.5. The molecule has 0 radical (unpaired) electrons. The minimum absolute atomic E-state index is 1.29. The van der Waals surface area contributed by atoms with Crippen LogP contribution in [0.4, 0.5) is 0 Å². The smallest absolute Gasteiger partial charge is 0.0620 e. The van der Waals surface area contributed by atoms with Gasteiger partial charge in [0.25, 0.3) is 0 Å². The fourth-order valence-electron chi connectivity index (χ4n) is 5.04. The summed E-state index contributed by atoms with van der Waals surface area (Å²) in [5.74, 6) is 0. The Bertz CT molecular complexity index is 1660. The Morgan fingerprint density at radius 2 is 1.07 bits per heavy atom. The lowest BCUT2D eigenvalue weighted by Gasteiger charge is -2.12. The average Bonchev–Trinajstić information content (AvgIpc) is 3.08. The topological polar surface area (TPSA) is 4.41 Å². The van der Waals surface area contributed by atoms with E-state index in [-0.39, 0.29) is 0 Å². The van der Waals surface area contributed by atoms with Gasteiger partial charge in [0.15, 0.2) is 0 Å². The molecule has 0 atom stereocenters. The van der Waals surface area contributed by atoms with Crippen LogP contribution in [0.1, 0.15) is 0 Å². The van der Waals surface area contributed by atoms with Crippen molar-refractivity contribution in [3.63, 3.8) is 0 Å². The number of hydrogen-bond donors (Lipinski definition) is 0. The Morgan fingerprint density at radius 1 is 0.407 bits per heavy atom. The van der Waals surface area contributed by atoms with Crippen LogP contribution in [0.5, 0.6) is 0 Å². The molecule has 0 saturated carbocycles. The van der Waals surface area contributed by atoms with Crippen molar-refractivity contribution in [1.29, 1.82) is 0 Å². The maximum atomic E-state index is 2.47. The van der Waals surface area contributed by atoms with E-state index in [2.05, 4.69) is 95.4 Å². The van der Waals surface area contributed by atoms with Crippen LogP contribution in [-0.2, 0) is 0 Å². The molecule has 0 amide bonds. The lowest BCUT2D eigenvalue weighted by Crippen LogP contribution is -1.92. The van der Waals surface area contributed by atoms with E-state index in [0.717, 1.165) is 0 Å². The number of pyridine rings is 1. The van der Waals surface area contributed by atoms with Crippen molar-refractivity contribution in [3.05, 3.63) is 91.0 Å². The fourth-order valence-corrected chi connectivity index (χ4v) is 5.04. The fraction of sp³-hybridized carbons (Fsp3) is 0. The molecule has 0 fully saturated rings. The van der Waals surface area contributed by atoms with E-state index in [9.17, 15) is 0 Å². The van der Waals surface area contributed by atoms with E-state index < -0.39 is 0 Å². The first kappa shape index (κ1) is 13.6. The molecule has 0 N–H and O–H groups in total. The number of benzene rings is 5. The molecule has 0 bridgehead atoms. The second-order valence-corrected chi connectivity index (χ2v) is 7.40. The molecule has 5 aromatic carbocycles. The molecule has 0 aliphatic rings. The van der Waals surface area contributed by atoms with Crippen LogP contribution in [0.15, 0.2) is 91.0 Å². The molecule has 27 heavy (non-hydrogen) atoms. The first-order chi connectivity index (χ1) is 13.4. The largest absolute Gasteiger partial charge is 0.308 e. The summed E-state index contributed by atoms with van der Waals surface area (Å²) < 4.78 is 2.47. The minimum atomic E-state index is 1.29. The van der Waals surface area contributed by atoms with Crippen molar-refractivity contribution in [2.24, 2.45) is 0 Å². The molecule has 0 aliphatic carbocycles. The Labute approximate surface area is 155 Å². The van der Waals surface area contributed by atoms with Crippen molar-refractivity contribution in [2.45, 2.75) is 0 Å². The Hall–Kier alpha value is -3.58. The van der Waals surface area contributed by atoms with Gasteiger partial charge in [0.1, 0.15) is 0 Å². The third-order valence-corrected chi connectivity index (χ3v) is 6.09. The van der Waals surface area contributed by atoms with Gasteiger partial charge >= 0.3 is 0 Å². The summed E-state index contributed by atoms with van der Waals surface area (Å²) in [5.41, 5.74) is 3.91. The highest BCUT2D eigenvalue weighted by Crippen LogP contribution is 2.42. The number of rotatable bonds is 0. The summed E-state index contributed by atoms with van der Waals surface area (Å²) in [6.45, 7) is 0. The maximum absolute atomic E-state index is 2.47. The van der Waals surface area contributed by atoms with Crippen molar-refractivity contribution in [2.75, 3.05) is 0 Å². The molecular formula is C26H15N. The molecule has 2 heterocycles. The van der Waals surface area contributed by atoms with Crippen LogP contribution in [0.3, 0.4) is 0 Å². The van der Waals surface area contributed by atoms with E-state index in [1.54, 1.807) is 0 Å². The first-order valence-electron chi connectivity index (χ1n) is 9.39. The van der Waals surface area contributed by atoms with Gasteiger partial charge in [-0.25, -0.2) is 0 Å². The monoisotopic (exact) mass is 341 g/mol. The number of para-hydroxylation sites is 1. The lowest BCUT2D eigenvalue weighted by atomic mass is 9.99. The lowest BCUT2D eigenvalue weighted by molar-refractivity contribution is 1.35. The van der Waals surface area contributed by atoms with E-state index in [1.807, 2.05) is 0 Å². The van der Waals surface area contributed by atoms with Crippen LogP contribution in [0.25, 0.3) is 59.6 Å². The molecule has 0 aliphatic heterocycles. The number of nitrogens with zero attached hydrogens (tertiary/aromatic N) is 1. The summed E-state index contributed by atoms with van der Waals surface area (Å²) in [5, 5.41) is 10.6. The molecule has 7 aromatic rings. The van der Waals surface area contributed by atoms with Crippen LogP contribution in [0.2, 0.25) is 0 Å². The van der Waals surface area contributed by atoms with Gasteiger partial charge in [-0.2, -0.15) is 0 Å². The van der Waals surface area contributed by atoms with Crippen LogP contribution < -0.4 is 0 Å². The summed E-state index contributed by atoms with van der Waals surface area (Å²) in [4.78, 5) is 0. The zero-order valence-corrected chi connectivity index (χ0v) is 14.6. The van der Waals surface area contributed by atoms with Crippen LogP contribution >= 0.6 is 0 Å². The normalized spacial score (nSPS) is 12.4. The van der Waals surface area contributed by atoms with Gasteiger partial charge in [0, 0.05) is 21.5 Å². The predicted octanol–water partition coefficient (Wildman–Crippen LogP) is 7.14. The summed E-state index contributed by atoms with van der Waals surface area (Å²) in [6.07, 6.45) is 0. The molecule has 1 nitrogen and oxygen atoms in total. The second-order valence-electron chi connectivity index (χ2n) is 7.40. The van der Waals surface area contributed by atoms with Gasteiger partial charge in [-0.15, -0.1) is 0 Å². The molecule has 124 valence electrons. The molecular weight excluding hydrogens is 326 g/mol. The molecule has 0 saturated heterocycles. The van der Waals surface area contributed by atoms with Crippen LogP contribution in [0, 0.1) is 0 Å². The van der Waals surface area contributed by atoms with Gasteiger partial charge in [0.2, 0.25) is 0 Å². The second kappa shape index (κ2) is 4.57. The number of hydrogen-bond acceptors (Lipinski definition) is 0. The standard InChI is InChI=1S/C26H15N/c1-2-9-18-16(6-1)14-15-23-25(18)21-12-5-11-20-19-10-3-7-17-8-4-13-22(24(17)19)27(23)26(20)21/h1-15H. The third-order valence-electron chi connectivity index (χ3n) is 6.09. The molecule has 1 heteroatoms. The first-order valence-corrected chi connectivity index (χ1v) is 9.39. The Morgan fingerprint density at radius 3 is 2.04 bits per heavy atom. The molecule has 0 spiro atoms. The maximum Gasteiger partial charge on any atom is 0.0620 e. The van der Waals surface area contributed by atoms with Gasteiger partial charge in [-0.3, -0.25) is 0 Å². The van der Waals surface area contributed by atoms with E-state index >= 15 is 0 Å². The van der Waals surface area contributed by atoms with E-state index in [1.165, 1.54) is 59.6 Å². The number of aromatic nitrogens is 1. The SMILES string of the molecule is c1ccc2c(c1)ccc1c2c2cccc3c4cccc5cccc(c54)n1c32. The van der Waals surface area contributed by atoms with Gasteiger partial charge in [-0.1, -0.05) is 78.9 Å². The molecule has 0 unspecified atom stereocenters. The van der Waals surface area contributed by atoms with Crippen molar-refractivity contribution < 1.29 is 0 Å². The van der Waals surface area contributed by atoms with E-state index in [0.29, 0.717) is 0 Å². The molecule has 7 rings (SSSR count). The number of fused-ring (bicyclic) bond motifs is 7. The highest BCUT2D eigenvalue weighted by atomic mass is 14.9. The van der Waals surface area contributed by atoms with Crippen LogP contribution in [-0.4, -0.2) is 4.40 Å². The Balaban J connectivity index is 1.96. The van der Waals surface area contributed by atoms with E-state index in [4.69, 9.17) is 0 Å². The summed E-state index contributed by atoms with van der Waals surface area (Å²) in [6, 6.07) is 33.3. The van der Waals surface area contributed by atoms with Gasteiger partial charge < -0.3 is 4.40 Å². The third kappa shape index (κ3) is 1.52. The van der Waals surface area contributed by atoms with Gasteiger partial charge in [-0.05, 0) is 33.7 Å². The quantitative estimate of drug-likeness (QED) is 0.204. The zero-order valence-electron chi connectivity index (χ0n) is 14.6. The highest BCUT2D eigenvalue weighted by molar-refractivity contribution is 6.30. The molecule has 2 aromatic heterocycles.